The molecule has 0 bridgehead atoms. The van der Waals surface area contributed by atoms with Gasteiger partial charge in [-0.25, -0.2) is 0 Å². The Labute approximate surface area is 115 Å². The molecule has 0 radical (unpaired) electrons. The van der Waals surface area contributed by atoms with Crippen LogP contribution in [0.3, 0.4) is 0 Å². The van der Waals surface area contributed by atoms with Gasteiger partial charge in [-0.05, 0) is 38.3 Å². The molecule has 2 nitrogen and oxygen atoms in total. The topological polar surface area (TPSA) is 17.0 Å². The maximum absolute atomic E-state index is 3.80. The van der Waals surface area contributed by atoms with Crippen molar-refractivity contribution >= 4 is 10.9 Å². The van der Waals surface area contributed by atoms with E-state index in [2.05, 4.69) is 55.0 Å². The van der Waals surface area contributed by atoms with Gasteiger partial charge in [-0.15, -0.1) is 0 Å². The monoisotopic (exact) mass is 256 g/mol. The predicted molar refractivity (Wildman–Crippen MR) is 81.4 cm³/mol. The van der Waals surface area contributed by atoms with Crippen LogP contribution >= 0.6 is 0 Å². The third-order valence-electron chi connectivity index (χ3n) is 4.90. The number of fused-ring (bicyclic) bond motifs is 1. The number of aryl methyl sites for hydroxylation is 2. The summed E-state index contributed by atoms with van der Waals surface area (Å²) in [5.74, 6) is 0. The van der Waals surface area contributed by atoms with Crippen molar-refractivity contribution in [2.45, 2.75) is 51.6 Å². The molecule has 0 atom stereocenters. The van der Waals surface area contributed by atoms with Crippen LogP contribution in [-0.2, 0) is 13.6 Å². The highest BCUT2D eigenvalue weighted by Gasteiger charge is 2.28. The van der Waals surface area contributed by atoms with Gasteiger partial charge in [-0.1, -0.05) is 31.0 Å². The second-order valence-electron chi connectivity index (χ2n) is 6.27. The van der Waals surface area contributed by atoms with Crippen molar-refractivity contribution in [1.29, 1.82) is 0 Å². The minimum Gasteiger partial charge on any atom is -0.346 e. The molecule has 0 saturated heterocycles. The van der Waals surface area contributed by atoms with Gasteiger partial charge in [0.05, 0.1) is 0 Å². The Morgan fingerprint density at radius 2 is 1.89 bits per heavy atom. The van der Waals surface area contributed by atoms with Crippen LogP contribution in [0.1, 0.15) is 43.9 Å². The van der Waals surface area contributed by atoms with E-state index in [0.717, 1.165) is 6.54 Å². The molecule has 0 aliphatic heterocycles. The minimum atomic E-state index is 0.350. The molecule has 19 heavy (non-hydrogen) atoms. The average Bonchev–Trinajstić information content (AvgIpc) is 2.94. The SMILES string of the molecule is Cc1c(CNC2(C)CCCC2)n(C)c2ccccc12. The van der Waals surface area contributed by atoms with Crippen LogP contribution in [0.15, 0.2) is 24.3 Å². The Balaban J connectivity index is 1.88. The Bertz CT molecular complexity index is 550. The summed E-state index contributed by atoms with van der Waals surface area (Å²) in [6, 6.07) is 8.69. The molecule has 0 unspecified atom stereocenters. The molecule has 1 fully saturated rings. The number of nitrogens with one attached hydrogen (secondary N) is 1. The van der Waals surface area contributed by atoms with Gasteiger partial charge < -0.3 is 9.88 Å². The molecule has 2 heteroatoms. The predicted octanol–water partition coefficient (Wildman–Crippen LogP) is 3.91. The van der Waals surface area contributed by atoms with E-state index in [4.69, 9.17) is 0 Å². The summed E-state index contributed by atoms with van der Waals surface area (Å²) in [4.78, 5) is 0. The maximum Gasteiger partial charge on any atom is 0.0483 e. The van der Waals surface area contributed by atoms with E-state index in [1.807, 2.05) is 0 Å². The highest BCUT2D eigenvalue weighted by Crippen LogP contribution is 2.30. The molecular formula is C17H24N2. The first-order valence-electron chi connectivity index (χ1n) is 7.39. The largest absolute Gasteiger partial charge is 0.346 e. The van der Waals surface area contributed by atoms with Crippen molar-refractivity contribution in [1.82, 2.24) is 9.88 Å². The third kappa shape index (κ3) is 2.18. The first-order valence-corrected chi connectivity index (χ1v) is 7.39. The molecule has 0 amide bonds. The Kier molecular flexibility index (Phi) is 3.14. The summed E-state index contributed by atoms with van der Waals surface area (Å²) in [6.45, 7) is 5.60. The molecule has 3 rings (SSSR count). The molecule has 1 saturated carbocycles. The molecule has 102 valence electrons. The van der Waals surface area contributed by atoms with Crippen LogP contribution in [0.5, 0.6) is 0 Å². The van der Waals surface area contributed by atoms with E-state index in [-0.39, 0.29) is 0 Å². The number of para-hydroxylation sites is 1. The zero-order valence-electron chi connectivity index (χ0n) is 12.3. The van der Waals surface area contributed by atoms with Gasteiger partial charge in [0, 0.05) is 35.7 Å². The lowest BCUT2D eigenvalue weighted by atomic mass is 10.0. The first kappa shape index (κ1) is 12.7. The van der Waals surface area contributed by atoms with Gasteiger partial charge in [-0.2, -0.15) is 0 Å². The molecule has 1 heterocycles. The molecule has 1 aliphatic carbocycles. The number of hydrogen-bond donors (Lipinski definition) is 1. The summed E-state index contributed by atoms with van der Waals surface area (Å²) in [6.07, 6.45) is 5.38. The summed E-state index contributed by atoms with van der Waals surface area (Å²) in [7, 11) is 2.18. The lowest BCUT2D eigenvalue weighted by molar-refractivity contribution is 0.358. The number of aromatic nitrogens is 1. The van der Waals surface area contributed by atoms with Crippen molar-refractivity contribution in [2.75, 3.05) is 0 Å². The van der Waals surface area contributed by atoms with Crippen LogP contribution in [0.2, 0.25) is 0 Å². The second kappa shape index (κ2) is 4.68. The second-order valence-corrected chi connectivity index (χ2v) is 6.27. The van der Waals surface area contributed by atoms with E-state index in [1.165, 1.54) is 47.8 Å². The lowest BCUT2D eigenvalue weighted by Crippen LogP contribution is -2.39. The highest BCUT2D eigenvalue weighted by molar-refractivity contribution is 5.85. The van der Waals surface area contributed by atoms with Crippen LogP contribution in [0.4, 0.5) is 0 Å². The van der Waals surface area contributed by atoms with Gasteiger partial charge >= 0.3 is 0 Å². The molecule has 0 spiro atoms. The fraction of sp³-hybridized carbons (Fsp3) is 0.529. The average molecular weight is 256 g/mol. The highest BCUT2D eigenvalue weighted by atomic mass is 15.0. The molecule has 1 aliphatic rings. The van der Waals surface area contributed by atoms with Crippen LogP contribution in [0, 0.1) is 6.92 Å². The standard InChI is InChI=1S/C17H24N2/c1-13-14-8-4-5-9-15(14)19(3)16(13)12-18-17(2)10-6-7-11-17/h4-5,8-9,18H,6-7,10-12H2,1-3H3. The van der Waals surface area contributed by atoms with Crippen LogP contribution in [0.25, 0.3) is 10.9 Å². The van der Waals surface area contributed by atoms with E-state index in [9.17, 15) is 0 Å². The Morgan fingerprint density at radius 3 is 2.58 bits per heavy atom. The molecule has 1 aromatic carbocycles. The van der Waals surface area contributed by atoms with E-state index in [0.29, 0.717) is 5.54 Å². The fourth-order valence-corrected chi connectivity index (χ4v) is 3.52. The fourth-order valence-electron chi connectivity index (χ4n) is 3.52. The van der Waals surface area contributed by atoms with Gasteiger partial charge in [0.15, 0.2) is 0 Å². The van der Waals surface area contributed by atoms with Gasteiger partial charge in [0.1, 0.15) is 0 Å². The Morgan fingerprint density at radius 1 is 1.21 bits per heavy atom. The van der Waals surface area contributed by atoms with Crippen molar-refractivity contribution in [3.63, 3.8) is 0 Å². The van der Waals surface area contributed by atoms with Crippen molar-refractivity contribution in [2.24, 2.45) is 7.05 Å². The van der Waals surface area contributed by atoms with Gasteiger partial charge in [0.2, 0.25) is 0 Å². The number of nitrogens with zero attached hydrogens (tertiary/aromatic N) is 1. The van der Waals surface area contributed by atoms with Crippen LogP contribution < -0.4 is 5.32 Å². The summed E-state index contributed by atoms with van der Waals surface area (Å²) >= 11 is 0. The summed E-state index contributed by atoms with van der Waals surface area (Å²) in [5, 5.41) is 5.18. The third-order valence-corrected chi connectivity index (χ3v) is 4.90. The van der Waals surface area contributed by atoms with E-state index < -0.39 is 0 Å². The van der Waals surface area contributed by atoms with Crippen molar-refractivity contribution in [3.05, 3.63) is 35.5 Å². The minimum absolute atomic E-state index is 0.350. The van der Waals surface area contributed by atoms with Gasteiger partial charge in [-0.3, -0.25) is 0 Å². The zero-order chi connectivity index (χ0) is 13.5. The number of benzene rings is 1. The van der Waals surface area contributed by atoms with Crippen LogP contribution in [-0.4, -0.2) is 10.1 Å². The van der Waals surface area contributed by atoms with Crippen molar-refractivity contribution in [3.8, 4) is 0 Å². The smallest absolute Gasteiger partial charge is 0.0483 e. The molecule has 2 aromatic rings. The normalized spacial score (nSPS) is 18.3. The quantitative estimate of drug-likeness (QED) is 0.881. The number of hydrogen-bond acceptors (Lipinski definition) is 1. The molecule has 1 aromatic heterocycles. The Hall–Kier alpha value is -1.28. The molecule has 1 N–H and O–H groups in total. The van der Waals surface area contributed by atoms with E-state index >= 15 is 0 Å². The molecular weight excluding hydrogens is 232 g/mol. The van der Waals surface area contributed by atoms with Crippen molar-refractivity contribution < 1.29 is 0 Å². The summed E-state index contributed by atoms with van der Waals surface area (Å²) < 4.78 is 2.34. The summed E-state index contributed by atoms with van der Waals surface area (Å²) in [5.41, 5.74) is 4.54. The lowest BCUT2D eigenvalue weighted by Gasteiger charge is -2.25. The zero-order valence-corrected chi connectivity index (χ0v) is 12.3. The van der Waals surface area contributed by atoms with Gasteiger partial charge in [0.25, 0.3) is 0 Å². The van der Waals surface area contributed by atoms with E-state index in [1.54, 1.807) is 0 Å². The first-order chi connectivity index (χ1) is 9.11. The number of rotatable bonds is 3. The maximum atomic E-state index is 3.80.